The van der Waals surface area contributed by atoms with Gasteiger partial charge in [-0.1, -0.05) is 12.0 Å². The third-order valence-corrected chi connectivity index (χ3v) is 1.52. The number of carbonyl (C=O) groups excluding carboxylic acids is 1. The summed E-state index contributed by atoms with van der Waals surface area (Å²) in [5.74, 6) is 2.67. The van der Waals surface area contributed by atoms with Crippen molar-refractivity contribution in [2.24, 2.45) is 0 Å². The van der Waals surface area contributed by atoms with Crippen molar-refractivity contribution in [1.29, 1.82) is 0 Å². The molecule has 0 saturated heterocycles. The van der Waals surface area contributed by atoms with Crippen LogP contribution in [0.25, 0.3) is 0 Å². The summed E-state index contributed by atoms with van der Waals surface area (Å²) in [5, 5.41) is 0. The van der Waals surface area contributed by atoms with E-state index in [1.807, 2.05) is 12.2 Å². The van der Waals surface area contributed by atoms with E-state index in [4.69, 9.17) is 11.2 Å². The molecule has 1 rings (SSSR count). The second-order valence-corrected chi connectivity index (χ2v) is 2.50. The van der Waals surface area contributed by atoms with E-state index in [0.717, 1.165) is 12.8 Å². The highest BCUT2D eigenvalue weighted by Gasteiger charge is 2.09. The van der Waals surface area contributed by atoms with Crippen LogP contribution in [-0.2, 0) is 9.53 Å². The molecule has 0 heterocycles. The molecule has 2 heteroatoms. The minimum Gasteiger partial charge on any atom is -0.426 e. The van der Waals surface area contributed by atoms with Crippen LogP contribution < -0.4 is 0 Å². The van der Waals surface area contributed by atoms with Crippen LogP contribution in [0, 0.1) is 12.3 Å². The number of allylic oxidation sites excluding steroid dienone is 3. The monoisotopic (exact) mass is 162 g/mol. The van der Waals surface area contributed by atoms with Crippen LogP contribution in [-0.4, -0.2) is 5.97 Å². The van der Waals surface area contributed by atoms with Crippen LogP contribution in [0.4, 0.5) is 0 Å². The molecule has 1 aliphatic carbocycles. The summed E-state index contributed by atoms with van der Waals surface area (Å²) in [6, 6.07) is 0. The third kappa shape index (κ3) is 2.00. The molecule has 0 unspecified atom stereocenters. The molecule has 0 atom stereocenters. The fourth-order valence-electron chi connectivity index (χ4n) is 1.03. The zero-order valence-corrected chi connectivity index (χ0v) is 6.96. The van der Waals surface area contributed by atoms with Gasteiger partial charge in [0, 0.05) is 6.92 Å². The van der Waals surface area contributed by atoms with E-state index in [2.05, 4.69) is 5.92 Å². The largest absolute Gasteiger partial charge is 0.426 e. The Hall–Kier alpha value is -1.49. The Morgan fingerprint density at radius 2 is 2.25 bits per heavy atom. The molecule has 12 heavy (non-hydrogen) atoms. The Bertz CT molecular complexity index is 289. The molecule has 0 aromatic rings. The summed E-state index contributed by atoms with van der Waals surface area (Å²) in [4.78, 5) is 10.6. The molecule has 0 saturated carbocycles. The maximum Gasteiger partial charge on any atom is 0.308 e. The summed E-state index contributed by atoms with van der Waals surface area (Å²) in [6.07, 6.45) is 10.8. The van der Waals surface area contributed by atoms with Gasteiger partial charge in [0.05, 0.1) is 5.57 Å². The molecule has 0 aromatic heterocycles. The average Bonchev–Trinajstić information content (AvgIpc) is 2.04. The zero-order valence-electron chi connectivity index (χ0n) is 6.96. The highest BCUT2D eigenvalue weighted by Crippen LogP contribution is 2.18. The van der Waals surface area contributed by atoms with Gasteiger partial charge in [0.15, 0.2) is 0 Å². The smallest absolute Gasteiger partial charge is 0.308 e. The lowest BCUT2D eigenvalue weighted by molar-refractivity contribution is -0.136. The maximum atomic E-state index is 10.6. The molecule has 0 fully saturated rings. The fourth-order valence-corrected chi connectivity index (χ4v) is 1.03. The van der Waals surface area contributed by atoms with Crippen LogP contribution in [0.2, 0.25) is 0 Å². The Morgan fingerprint density at radius 3 is 2.83 bits per heavy atom. The molecule has 0 aromatic carbocycles. The van der Waals surface area contributed by atoms with Crippen molar-refractivity contribution in [1.82, 2.24) is 0 Å². The van der Waals surface area contributed by atoms with Gasteiger partial charge < -0.3 is 4.74 Å². The van der Waals surface area contributed by atoms with Crippen LogP contribution in [0.15, 0.2) is 23.5 Å². The van der Waals surface area contributed by atoms with Crippen molar-refractivity contribution >= 4 is 5.97 Å². The molecule has 62 valence electrons. The van der Waals surface area contributed by atoms with Gasteiger partial charge in [-0.2, -0.15) is 0 Å². The van der Waals surface area contributed by atoms with Crippen molar-refractivity contribution in [2.45, 2.75) is 19.8 Å². The lowest BCUT2D eigenvalue weighted by Crippen LogP contribution is -2.03. The highest BCUT2D eigenvalue weighted by molar-refractivity contribution is 5.68. The van der Waals surface area contributed by atoms with Crippen LogP contribution in [0.1, 0.15) is 19.8 Å². The molecular weight excluding hydrogens is 152 g/mol. The number of rotatable bonds is 1. The van der Waals surface area contributed by atoms with Crippen molar-refractivity contribution in [2.75, 3.05) is 0 Å². The maximum absolute atomic E-state index is 10.6. The summed E-state index contributed by atoms with van der Waals surface area (Å²) >= 11 is 0. The molecule has 0 radical (unpaired) electrons. The van der Waals surface area contributed by atoms with Gasteiger partial charge >= 0.3 is 5.97 Å². The topological polar surface area (TPSA) is 26.3 Å². The Balaban J connectivity index is 2.75. The number of esters is 1. The Morgan fingerprint density at radius 1 is 1.58 bits per heavy atom. The first-order chi connectivity index (χ1) is 5.74. The van der Waals surface area contributed by atoms with E-state index in [1.165, 1.54) is 6.92 Å². The predicted molar refractivity (Wildman–Crippen MR) is 46.0 cm³/mol. The summed E-state index contributed by atoms with van der Waals surface area (Å²) in [6.45, 7) is 1.36. The normalized spacial score (nSPS) is 15.7. The molecular formula is C10H10O2. The van der Waals surface area contributed by atoms with Gasteiger partial charge in [-0.3, -0.25) is 4.79 Å². The Kier molecular flexibility index (Phi) is 2.71. The molecule has 0 aliphatic heterocycles. The van der Waals surface area contributed by atoms with E-state index in [9.17, 15) is 4.79 Å². The van der Waals surface area contributed by atoms with Crippen molar-refractivity contribution in [3.05, 3.63) is 23.5 Å². The molecule has 0 N–H and O–H groups in total. The number of hydrogen-bond acceptors (Lipinski definition) is 2. The molecule has 2 nitrogen and oxygen atoms in total. The molecule has 0 spiro atoms. The summed E-state index contributed by atoms with van der Waals surface area (Å²) < 4.78 is 4.91. The van der Waals surface area contributed by atoms with Gasteiger partial charge in [0.1, 0.15) is 5.76 Å². The van der Waals surface area contributed by atoms with Gasteiger partial charge in [-0.25, -0.2) is 0 Å². The summed E-state index contributed by atoms with van der Waals surface area (Å²) in [5.41, 5.74) is 0.677. The molecule has 0 amide bonds. The summed E-state index contributed by atoms with van der Waals surface area (Å²) in [7, 11) is 0. The van der Waals surface area contributed by atoms with Crippen molar-refractivity contribution in [3.8, 4) is 12.3 Å². The third-order valence-electron chi connectivity index (χ3n) is 1.52. The van der Waals surface area contributed by atoms with Gasteiger partial charge in [0.2, 0.25) is 0 Å². The van der Waals surface area contributed by atoms with Gasteiger partial charge in [-0.15, -0.1) is 6.42 Å². The standard InChI is InChI=1S/C10H10O2/c1-3-9-6-4-5-7-10(9)12-8(2)11/h1,6-7H,4-5H2,2H3. The van der Waals surface area contributed by atoms with E-state index < -0.39 is 0 Å². The first-order valence-corrected chi connectivity index (χ1v) is 3.79. The molecule has 1 aliphatic rings. The van der Waals surface area contributed by atoms with Gasteiger partial charge in [0.25, 0.3) is 0 Å². The number of terminal acetylenes is 1. The first kappa shape index (κ1) is 8.61. The van der Waals surface area contributed by atoms with E-state index in [0.29, 0.717) is 11.3 Å². The number of hydrogen-bond donors (Lipinski definition) is 0. The van der Waals surface area contributed by atoms with Gasteiger partial charge in [-0.05, 0) is 18.9 Å². The van der Waals surface area contributed by atoms with E-state index >= 15 is 0 Å². The van der Waals surface area contributed by atoms with Crippen LogP contribution in [0.3, 0.4) is 0 Å². The minimum atomic E-state index is -0.329. The van der Waals surface area contributed by atoms with Crippen LogP contribution in [0.5, 0.6) is 0 Å². The predicted octanol–water partition coefficient (Wildman–Crippen LogP) is 1.79. The van der Waals surface area contributed by atoms with Crippen molar-refractivity contribution in [3.63, 3.8) is 0 Å². The Labute approximate surface area is 71.9 Å². The van der Waals surface area contributed by atoms with Crippen molar-refractivity contribution < 1.29 is 9.53 Å². The fraction of sp³-hybridized carbons (Fsp3) is 0.300. The number of ether oxygens (including phenoxy) is 1. The van der Waals surface area contributed by atoms with Crippen LogP contribution >= 0.6 is 0 Å². The number of carbonyl (C=O) groups is 1. The SMILES string of the molecule is C#CC1=CCCC=C1OC(C)=O. The lowest BCUT2D eigenvalue weighted by atomic mass is 10.1. The molecule has 0 bridgehead atoms. The quantitative estimate of drug-likeness (QED) is 0.434. The van der Waals surface area contributed by atoms with E-state index in [1.54, 1.807) is 0 Å². The highest BCUT2D eigenvalue weighted by atomic mass is 16.5. The zero-order chi connectivity index (χ0) is 8.97. The second-order valence-electron chi connectivity index (χ2n) is 2.50. The lowest BCUT2D eigenvalue weighted by Gasteiger charge is -2.10. The average molecular weight is 162 g/mol. The minimum absolute atomic E-state index is 0.329. The first-order valence-electron chi connectivity index (χ1n) is 3.79. The second kappa shape index (κ2) is 3.77. The van der Waals surface area contributed by atoms with E-state index in [-0.39, 0.29) is 5.97 Å².